The van der Waals surface area contributed by atoms with Gasteiger partial charge in [0.1, 0.15) is 0 Å². The van der Waals surface area contributed by atoms with E-state index in [1.807, 2.05) is 78.2 Å². The first-order valence-corrected chi connectivity index (χ1v) is 15.1. The van der Waals surface area contributed by atoms with Crippen LogP contribution in [0, 0.1) is 0 Å². The minimum Gasteiger partial charge on any atom is -0.357 e. The van der Waals surface area contributed by atoms with Gasteiger partial charge < -0.3 is 15.1 Å². The Morgan fingerprint density at radius 3 is 2.38 bits per heavy atom. The number of hydrogen-bond acceptors (Lipinski definition) is 6. The summed E-state index contributed by atoms with van der Waals surface area (Å²) in [4.78, 5) is 47.0. The summed E-state index contributed by atoms with van der Waals surface area (Å²) in [7, 11) is 1.99. The normalized spacial score (nSPS) is 16.7. The monoisotopic (exact) mass is 618 g/mol. The van der Waals surface area contributed by atoms with Crippen molar-refractivity contribution in [3.05, 3.63) is 161 Å². The van der Waals surface area contributed by atoms with Gasteiger partial charge in [-0.25, -0.2) is 9.98 Å². The third kappa shape index (κ3) is 6.35. The van der Waals surface area contributed by atoms with E-state index in [-0.39, 0.29) is 5.91 Å². The number of aromatic nitrogens is 3. The number of carbonyl (C=O) groups is 2. The van der Waals surface area contributed by atoms with Gasteiger partial charge in [0.15, 0.2) is 6.20 Å². The summed E-state index contributed by atoms with van der Waals surface area (Å²) in [6, 6.07) is 10.4. The average Bonchev–Trinajstić information content (AvgIpc) is 3.12. The van der Waals surface area contributed by atoms with Crippen LogP contribution in [0.2, 0.25) is 0 Å². The lowest BCUT2D eigenvalue weighted by molar-refractivity contribution is -0.380. The zero-order chi connectivity index (χ0) is 32.2. The molecule has 6 heterocycles. The van der Waals surface area contributed by atoms with Crippen molar-refractivity contribution in [3.8, 4) is 11.4 Å². The molecule has 0 fully saturated rings. The molecule has 0 aromatic carbocycles. The third-order valence-corrected chi connectivity index (χ3v) is 7.87. The van der Waals surface area contributed by atoms with E-state index in [9.17, 15) is 9.59 Å². The van der Waals surface area contributed by atoms with E-state index >= 15 is 0 Å². The van der Waals surface area contributed by atoms with Crippen molar-refractivity contribution in [3.63, 3.8) is 0 Å². The van der Waals surface area contributed by atoms with Gasteiger partial charge in [-0.2, -0.15) is 0 Å². The van der Waals surface area contributed by atoms with E-state index in [0.717, 1.165) is 33.7 Å². The molecule has 0 saturated carbocycles. The molecule has 7 rings (SSSR count). The van der Waals surface area contributed by atoms with Crippen molar-refractivity contribution >= 4 is 29.5 Å². The fourth-order valence-corrected chi connectivity index (χ4v) is 5.39. The molecule has 3 aromatic heterocycles. The highest BCUT2D eigenvalue weighted by molar-refractivity contribution is 6.29. The second-order valence-corrected chi connectivity index (χ2v) is 11.0. The van der Waals surface area contributed by atoms with Crippen molar-refractivity contribution in [1.29, 1.82) is 0 Å². The molecule has 4 aliphatic rings. The number of rotatable bonds is 6. The van der Waals surface area contributed by atoms with Crippen LogP contribution in [0.1, 0.15) is 32.0 Å². The number of nitrogens with zero attached hydrogens (tertiary/aromatic N) is 6. The van der Waals surface area contributed by atoms with Gasteiger partial charge in [-0.3, -0.25) is 19.6 Å². The Balaban J connectivity index is 1.01. The predicted octanol–water partition coefficient (Wildman–Crippen LogP) is 3.37. The molecule has 3 aliphatic heterocycles. The fourth-order valence-electron chi connectivity index (χ4n) is 5.39. The summed E-state index contributed by atoms with van der Waals surface area (Å²) in [5.41, 5.74) is 7.83. The average molecular weight is 619 g/mol. The fraction of sp³-hybridized carbons (Fsp3) is 0.0811. The number of carbonyl (C=O) groups excluding carboxylic acids is 2. The number of amides is 2. The first kappa shape index (κ1) is 29.2. The van der Waals surface area contributed by atoms with E-state index in [1.54, 1.807) is 42.9 Å². The molecule has 2 N–H and O–H groups in total. The molecule has 0 unspecified atom stereocenters. The van der Waals surface area contributed by atoms with Crippen LogP contribution in [0.15, 0.2) is 144 Å². The summed E-state index contributed by atoms with van der Waals surface area (Å²) in [5, 5.41) is 2.98. The van der Waals surface area contributed by atoms with Gasteiger partial charge in [-0.15, -0.1) is 0 Å². The van der Waals surface area contributed by atoms with Crippen molar-refractivity contribution in [1.82, 2.24) is 29.8 Å². The van der Waals surface area contributed by atoms with E-state index in [2.05, 4.69) is 54.2 Å². The lowest BCUT2D eigenvalue weighted by atomic mass is 9.91. The van der Waals surface area contributed by atoms with E-state index < -0.39 is 5.91 Å². The van der Waals surface area contributed by atoms with Gasteiger partial charge in [0.25, 0.3) is 18.0 Å². The van der Waals surface area contributed by atoms with Gasteiger partial charge in [0.05, 0.1) is 28.2 Å². The van der Waals surface area contributed by atoms with Gasteiger partial charge in [-0.05, 0) is 77.9 Å². The van der Waals surface area contributed by atoms with Crippen LogP contribution in [-0.4, -0.2) is 69.4 Å². The maximum Gasteiger partial charge on any atom is 0.405 e. The second-order valence-electron chi connectivity index (χ2n) is 11.0. The molecule has 3 aromatic rings. The number of allylic oxidation sites excluding steroid dienone is 10. The molecule has 10 nitrogen and oxygen atoms in total. The Morgan fingerprint density at radius 1 is 0.915 bits per heavy atom. The SMILES string of the molecule is CN1C=CC(=C2C=CN(CCNC(=O)c3ccnc(-c4cc(C(=O)N=C5C=C6C=CC=[N+]=C6c6[nH+]cccc65)ccn4)c3)C=C2)C=C1. The molecule has 0 spiro atoms. The van der Waals surface area contributed by atoms with Crippen molar-refractivity contribution in [2.45, 2.75) is 0 Å². The second kappa shape index (κ2) is 12.8. The minimum atomic E-state index is -0.417. The van der Waals surface area contributed by atoms with Crippen LogP contribution in [0.25, 0.3) is 11.4 Å². The van der Waals surface area contributed by atoms with Gasteiger partial charge in [0, 0.05) is 80.6 Å². The Hall–Kier alpha value is -6.51. The standard InChI is InChI=1S/C37H28N8O2/c1-44-17-8-25(9-18-44)26-10-19-45(20-11-26)21-16-42-36(46)28-6-14-38-32(23-28)33-24-29(7-15-39-33)37(47)43-31-22-27-4-2-12-40-34(27)35-30(31)5-3-13-41-35/h2-15,17-20,22-24H,16,21H2,1H3/p+2. The molecular formula is C37H30N8O2+2. The largest absolute Gasteiger partial charge is 0.405 e. The number of aliphatic imine (C=N–C) groups is 1. The quantitative estimate of drug-likeness (QED) is 0.424. The summed E-state index contributed by atoms with van der Waals surface area (Å²) >= 11 is 0. The van der Waals surface area contributed by atoms with Crippen LogP contribution in [0.3, 0.4) is 0 Å². The zero-order valence-electron chi connectivity index (χ0n) is 25.5. The van der Waals surface area contributed by atoms with Gasteiger partial charge >= 0.3 is 11.4 Å². The van der Waals surface area contributed by atoms with E-state index in [1.165, 1.54) is 0 Å². The lowest BCUT2D eigenvalue weighted by Gasteiger charge is -2.20. The Kier molecular flexibility index (Phi) is 7.98. The van der Waals surface area contributed by atoms with Crippen LogP contribution in [0.4, 0.5) is 0 Å². The summed E-state index contributed by atoms with van der Waals surface area (Å²) in [5.74, 6) is -0.640. The molecule has 47 heavy (non-hydrogen) atoms. The molecule has 0 bridgehead atoms. The zero-order valence-corrected chi connectivity index (χ0v) is 25.5. The van der Waals surface area contributed by atoms with E-state index in [4.69, 9.17) is 0 Å². The molecule has 10 heteroatoms. The Morgan fingerprint density at radius 2 is 1.62 bits per heavy atom. The Bertz CT molecular complexity index is 2090. The third-order valence-electron chi connectivity index (χ3n) is 7.87. The number of nitrogens with one attached hydrogen (secondary N) is 2. The predicted molar refractivity (Wildman–Crippen MR) is 181 cm³/mol. The number of fused-ring (bicyclic) bond motifs is 3. The van der Waals surface area contributed by atoms with Crippen LogP contribution >= 0.6 is 0 Å². The van der Waals surface area contributed by atoms with Crippen LogP contribution < -0.4 is 15.0 Å². The van der Waals surface area contributed by atoms with E-state index in [0.29, 0.717) is 41.3 Å². The minimum absolute atomic E-state index is 0.222. The van der Waals surface area contributed by atoms with Crippen molar-refractivity contribution < 1.29 is 14.6 Å². The van der Waals surface area contributed by atoms with Crippen molar-refractivity contribution in [2.75, 3.05) is 20.1 Å². The number of aromatic amines is 1. The van der Waals surface area contributed by atoms with Gasteiger partial charge in [-0.1, -0.05) is 4.67 Å². The highest BCUT2D eigenvalue weighted by atomic mass is 16.2. The molecule has 1 aliphatic carbocycles. The maximum absolute atomic E-state index is 13.4. The summed E-state index contributed by atoms with van der Waals surface area (Å²) in [6.07, 6.45) is 28.6. The lowest BCUT2D eigenvalue weighted by Crippen LogP contribution is -2.31. The molecule has 0 atom stereocenters. The molecule has 228 valence electrons. The molecule has 0 saturated heterocycles. The first-order valence-electron chi connectivity index (χ1n) is 15.1. The first-order chi connectivity index (χ1) is 23.0. The Labute approximate surface area is 271 Å². The number of pyridine rings is 3. The maximum atomic E-state index is 13.4. The van der Waals surface area contributed by atoms with Crippen LogP contribution in [-0.2, 0) is 0 Å². The molecule has 2 amide bonds. The molecule has 0 radical (unpaired) electrons. The highest BCUT2D eigenvalue weighted by Gasteiger charge is 2.35. The highest BCUT2D eigenvalue weighted by Crippen LogP contribution is 2.22. The van der Waals surface area contributed by atoms with Crippen LogP contribution in [0.5, 0.6) is 0 Å². The number of hydrogen-bond donors (Lipinski definition) is 1. The number of H-pyrrole nitrogens is 1. The van der Waals surface area contributed by atoms with Gasteiger partial charge in [0.2, 0.25) is 0 Å². The summed E-state index contributed by atoms with van der Waals surface area (Å²) in [6.45, 7) is 1.06. The topological polar surface area (TPSA) is 119 Å². The smallest absolute Gasteiger partial charge is 0.357 e. The van der Waals surface area contributed by atoms with Crippen molar-refractivity contribution in [2.24, 2.45) is 4.99 Å². The summed E-state index contributed by atoms with van der Waals surface area (Å²) < 4.78 is 4.49. The molecular weight excluding hydrogens is 588 g/mol.